The summed E-state index contributed by atoms with van der Waals surface area (Å²) in [7, 11) is 0. The number of hydrogen-bond donors (Lipinski definition) is 0. The molecule has 5 aromatic carbocycles. The highest BCUT2D eigenvalue weighted by molar-refractivity contribution is 6.13. The van der Waals surface area contributed by atoms with Crippen molar-refractivity contribution in [3.63, 3.8) is 0 Å². The van der Waals surface area contributed by atoms with Gasteiger partial charge in [0.15, 0.2) is 0 Å². The first kappa shape index (κ1) is 23.8. The van der Waals surface area contributed by atoms with Crippen molar-refractivity contribution in [1.29, 1.82) is 0 Å². The first-order valence-corrected chi connectivity index (χ1v) is 15.0. The van der Waals surface area contributed by atoms with E-state index in [1.165, 1.54) is 77.6 Å². The van der Waals surface area contributed by atoms with E-state index in [-0.39, 0.29) is 5.41 Å². The maximum Gasteiger partial charge on any atom is 0.0547 e. The third-order valence-electron chi connectivity index (χ3n) is 10.2. The van der Waals surface area contributed by atoms with Crippen LogP contribution in [0.2, 0.25) is 0 Å². The lowest BCUT2D eigenvalue weighted by Crippen LogP contribution is -2.23. The Labute approximate surface area is 246 Å². The molecule has 0 N–H and O–H groups in total. The molecule has 0 radical (unpaired) electrons. The average molecular weight is 538 g/mol. The second-order valence-electron chi connectivity index (χ2n) is 12.6. The molecule has 1 atom stereocenters. The number of rotatable bonds is 2. The fourth-order valence-electron chi connectivity index (χ4n) is 8.10. The quantitative estimate of drug-likeness (QED) is 0.207. The largest absolute Gasteiger partial charge is 0.309 e. The van der Waals surface area contributed by atoms with Crippen LogP contribution in [0.3, 0.4) is 0 Å². The summed E-state index contributed by atoms with van der Waals surface area (Å²) in [5.41, 5.74) is 16.8. The molecule has 3 aliphatic rings. The van der Waals surface area contributed by atoms with Crippen LogP contribution in [0.25, 0.3) is 60.9 Å². The van der Waals surface area contributed by atoms with Gasteiger partial charge in [-0.25, -0.2) is 0 Å². The first-order chi connectivity index (χ1) is 20.5. The Morgan fingerprint density at radius 2 is 1.43 bits per heavy atom. The second kappa shape index (κ2) is 8.33. The smallest absolute Gasteiger partial charge is 0.0547 e. The van der Waals surface area contributed by atoms with Gasteiger partial charge in [0.2, 0.25) is 0 Å². The van der Waals surface area contributed by atoms with Gasteiger partial charge < -0.3 is 4.57 Å². The molecular formula is C41H31N. The Balaban J connectivity index is 1.34. The topological polar surface area (TPSA) is 4.93 Å². The van der Waals surface area contributed by atoms with Crippen LogP contribution in [-0.4, -0.2) is 4.57 Å². The fourth-order valence-corrected chi connectivity index (χ4v) is 8.10. The van der Waals surface area contributed by atoms with E-state index in [2.05, 4.69) is 146 Å². The molecule has 0 saturated carbocycles. The van der Waals surface area contributed by atoms with Crippen LogP contribution < -0.4 is 0 Å². The summed E-state index contributed by atoms with van der Waals surface area (Å²) in [6.07, 6.45) is 8.03. The van der Waals surface area contributed by atoms with E-state index in [1.807, 2.05) is 0 Å². The van der Waals surface area contributed by atoms with Crippen LogP contribution in [0.4, 0.5) is 0 Å². The normalized spacial score (nSPS) is 17.7. The predicted octanol–water partition coefficient (Wildman–Crippen LogP) is 10.7. The van der Waals surface area contributed by atoms with Crippen LogP contribution >= 0.6 is 0 Å². The van der Waals surface area contributed by atoms with Crippen molar-refractivity contribution in [2.75, 3.05) is 0 Å². The lowest BCUT2D eigenvalue weighted by Gasteiger charge is -2.29. The summed E-state index contributed by atoms with van der Waals surface area (Å²) in [6, 6.07) is 38.2. The van der Waals surface area contributed by atoms with E-state index >= 15 is 0 Å². The van der Waals surface area contributed by atoms with Gasteiger partial charge in [-0.15, -0.1) is 0 Å². The maximum absolute atomic E-state index is 4.56. The van der Waals surface area contributed by atoms with Crippen LogP contribution in [0, 0.1) is 5.92 Å². The Kier molecular flexibility index (Phi) is 4.72. The predicted molar refractivity (Wildman–Crippen MR) is 178 cm³/mol. The van der Waals surface area contributed by atoms with Gasteiger partial charge in [0.25, 0.3) is 0 Å². The number of fused-ring (bicyclic) bond motifs is 9. The molecule has 1 unspecified atom stereocenters. The van der Waals surface area contributed by atoms with Gasteiger partial charge in [-0.2, -0.15) is 0 Å². The number of benzene rings is 5. The average Bonchev–Trinajstić information content (AvgIpc) is 3.60. The van der Waals surface area contributed by atoms with Gasteiger partial charge in [-0.1, -0.05) is 105 Å². The van der Waals surface area contributed by atoms with E-state index in [1.54, 1.807) is 0 Å². The zero-order valence-electron chi connectivity index (χ0n) is 24.0. The standard InChI is InChI=1S/C41H31N/c1-25-28-14-7-8-15-30(28)32-18-11-17-29(40(25)32)26-20-21-38-34(22-26)35-23-37-33(31-16-9-10-19-36(31)41(37,2)3)24-39(35)42(38)27-12-5-4-6-13-27/h4-18,20-24,36H,1,19H2,2-3H3. The minimum absolute atomic E-state index is 0.0860. The number of hydrogen-bond acceptors (Lipinski definition) is 0. The van der Waals surface area contributed by atoms with Crippen molar-refractivity contribution in [3.05, 3.63) is 150 Å². The molecule has 1 heteroatoms. The summed E-state index contributed by atoms with van der Waals surface area (Å²) in [6.45, 7) is 9.42. The summed E-state index contributed by atoms with van der Waals surface area (Å²) < 4.78 is 2.46. The van der Waals surface area contributed by atoms with Gasteiger partial charge in [-0.3, -0.25) is 0 Å². The number of nitrogens with zero attached hydrogens (tertiary/aromatic N) is 1. The highest BCUT2D eigenvalue weighted by Crippen LogP contribution is 2.55. The highest BCUT2D eigenvalue weighted by atomic mass is 15.0. The Morgan fingerprint density at radius 3 is 2.29 bits per heavy atom. The van der Waals surface area contributed by atoms with E-state index in [0.717, 1.165) is 12.0 Å². The molecule has 0 aliphatic heterocycles. The third-order valence-corrected chi connectivity index (χ3v) is 10.2. The van der Waals surface area contributed by atoms with Crippen molar-refractivity contribution in [3.8, 4) is 27.9 Å². The van der Waals surface area contributed by atoms with Crippen molar-refractivity contribution in [1.82, 2.24) is 4.57 Å². The van der Waals surface area contributed by atoms with Gasteiger partial charge in [0, 0.05) is 16.5 Å². The molecule has 3 aliphatic carbocycles. The summed E-state index contributed by atoms with van der Waals surface area (Å²) in [5, 5.41) is 2.62. The summed E-state index contributed by atoms with van der Waals surface area (Å²) in [5.74, 6) is 0.524. The Hall–Kier alpha value is -4.88. The zero-order valence-corrected chi connectivity index (χ0v) is 24.0. The molecule has 0 bridgehead atoms. The summed E-state index contributed by atoms with van der Waals surface area (Å²) in [4.78, 5) is 0. The highest BCUT2D eigenvalue weighted by Gasteiger charge is 2.43. The molecule has 0 saturated heterocycles. The van der Waals surface area contributed by atoms with E-state index < -0.39 is 0 Å². The maximum atomic E-state index is 4.56. The van der Waals surface area contributed by atoms with Crippen LogP contribution in [0.1, 0.15) is 42.5 Å². The van der Waals surface area contributed by atoms with E-state index in [4.69, 9.17) is 0 Å². The SMILES string of the molecule is C=C1c2ccccc2-c2cccc(-c3ccc4c(c3)c3cc5c(cc3n4-c3ccccc3)C3=CC=CCC3C5(C)C)c21. The molecule has 200 valence electrons. The number of aromatic nitrogens is 1. The number of para-hydroxylation sites is 1. The lowest BCUT2D eigenvalue weighted by molar-refractivity contribution is 0.415. The van der Waals surface area contributed by atoms with Gasteiger partial charge in [0.05, 0.1) is 11.0 Å². The van der Waals surface area contributed by atoms with E-state index in [0.29, 0.717) is 5.92 Å². The van der Waals surface area contributed by atoms with E-state index in [9.17, 15) is 0 Å². The fraction of sp³-hybridized carbons (Fsp3) is 0.122. The molecule has 0 fully saturated rings. The van der Waals surface area contributed by atoms with Gasteiger partial charge in [-0.05, 0) is 110 Å². The Morgan fingerprint density at radius 1 is 0.690 bits per heavy atom. The molecular weight excluding hydrogens is 506 g/mol. The molecule has 1 aromatic heterocycles. The van der Waals surface area contributed by atoms with Crippen LogP contribution in [0.15, 0.2) is 128 Å². The molecule has 1 nitrogen and oxygen atoms in total. The second-order valence-corrected chi connectivity index (χ2v) is 12.6. The Bertz CT molecular complexity index is 2200. The number of allylic oxidation sites excluding steroid dienone is 4. The minimum atomic E-state index is 0.0860. The molecule has 0 amide bonds. The molecule has 6 aromatic rings. The molecule has 0 spiro atoms. The van der Waals surface area contributed by atoms with Crippen molar-refractivity contribution < 1.29 is 0 Å². The minimum Gasteiger partial charge on any atom is -0.309 e. The van der Waals surface area contributed by atoms with Crippen LogP contribution in [-0.2, 0) is 5.41 Å². The monoisotopic (exact) mass is 537 g/mol. The van der Waals surface area contributed by atoms with Gasteiger partial charge >= 0.3 is 0 Å². The van der Waals surface area contributed by atoms with Crippen LogP contribution in [0.5, 0.6) is 0 Å². The summed E-state index contributed by atoms with van der Waals surface area (Å²) >= 11 is 0. The van der Waals surface area contributed by atoms with Crippen molar-refractivity contribution in [2.45, 2.75) is 25.7 Å². The van der Waals surface area contributed by atoms with Crippen molar-refractivity contribution in [2.24, 2.45) is 5.92 Å². The zero-order chi connectivity index (χ0) is 28.2. The molecule has 9 rings (SSSR count). The molecule has 42 heavy (non-hydrogen) atoms. The van der Waals surface area contributed by atoms with Gasteiger partial charge in [0.1, 0.15) is 0 Å². The first-order valence-electron chi connectivity index (χ1n) is 15.0. The third kappa shape index (κ3) is 3.03. The molecule has 1 heterocycles. The van der Waals surface area contributed by atoms with Crippen molar-refractivity contribution >= 4 is 33.0 Å². The lowest BCUT2D eigenvalue weighted by atomic mass is 9.74.